The summed E-state index contributed by atoms with van der Waals surface area (Å²) in [6.45, 7) is -0.962. The molecule has 0 aliphatic rings. The predicted octanol–water partition coefficient (Wildman–Crippen LogP) is 3.60. The van der Waals surface area contributed by atoms with Crippen LogP contribution in [0.2, 0.25) is 0 Å². The Balaban J connectivity index is 2.87. The molecular weight excluding hydrogens is 202 g/mol. The average molecular weight is 214 g/mol. The Hall–Kier alpha value is -1.26. The van der Waals surface area contributed by atoms with Crippen LogP contribution in [0.15, 0.2) is 24.3 Å². The Morgan fingerprint density at radius 3 is 2.53 bits per heavy atom. The van der Waals surface area contributed by atoms with E-state index >= 15 is 0 Å². The van der Waals surface area contributed by atoms with Crippen LogP contribution in [0.3, 0.4) is 0 Å². The quantitative estimate of drug-likeness (QED) is 0.700. The van der Waals surface area contributed by atoms with Crippen molar-refractivity contribution in [3.8, 4) is 0 Å². The predicted molar refractivity (Wildman–Crippen MR) is 56.4 cm³/mol. The van der Waals surface area contributed by atoms with E-state index in [1.165, 1.54) is 6.20 Å². The summed E-state index contributed by atoms with van der Waals surface area (Å²) in [5, 5.41) is 0. The van der Waals surface area contributed by atoms with Crippen molar-refractivity contribution in [2.75, 3.05) is 0 Å². The lowest BCUT2D eigenvalue weighted by molar-refractivity contribution is 0.499. The van der Waals surface area contributed by atoms with Crippen LogP contribution in [0.5, 0.6) is 0 Å². The van der Waals surface area contributed by atoms with Crippen molar-refractivity contribution >= 4 is 13.1 Å². The summed E-state index contributed by atoms with van der Waals surface area (Å²) in [5.74, 6) is 0.508. The van der Waals surface area contributed by atoms with Gasteiger partial charge in [-0.2, -0.15) is 0 Å². The number of pyridine rings is 1. The van der Waals surface area contributed by atoms with Crippen LogP contribution in [0.1, 0.15) is 31.0 Å². The molecule has 0 atom stereocenters. The summed E-state index contributed by atoms with van der Waals surface area (Å²) < 4.78 is 35.9. The maximum atomic E-state index is 12.0. The normalized spacial score (nSPS) is 12.7. The summed E-state index contributed by atoms with van der Waals surface area (Å²) in [4.78, 5) is 4.07. The molecule has 82 valence electrons. The van der Waals surface area contributed by atoms with Gasteiger partial charge in [0, 0.05) is 11.9 Å². The second-order valence-electron chi connectivity index (χ2n) is 3.65. The number of halogens is 3. The lowest BCUT2D eigenvalue weighted by Crippen LogP contribution is -2.09. The Morgan fingerprint density at radius 1 is 1.33 bits per heavy atom. The van der Waals surface area contributed by atoms with Gasteiger partial charge in [0.15, 0.2) is 0 Å². The van der Waals surface area contributed by atoms with Crippen LogP contribution in [0.25, 0.3) is 6.08 Å². The first-order chi connectivity index (χ1) is 6.88. The molecule has 0 spiro atoms. The number of nitrogens with zero attached hydrogens (tertiary/aromatic N) is 1. The van der Waals surface area contributed by atoms with Crippen LogP contribution in [0, 0.1) is 0 Å². The van der Waals surface area contributed by atoms with Crippen molar-refractivity contribution in [3.05, 3.63) is 35.6 Å². The minimum atomic E-state index is -4.86. The van der Waals surface area contributed by atoms with Crippen molar-refractivity contribution in [2.24, 2.45) is 0 Å². The highest BCUT2D eigenvalue weighted by atomic mass is 19.4. The molecule has 15 heavy (non-hydrogen) atoms. The van der Waals surface area contributed by atoms with Crippen LogP contribution >= 0.6 is 0 Å². The summed E-state index contributed by atoms with van der Waals surface area (Å²) in [5.41, 5.74) is 1.33. The second-order valence-corrected chi connectivity index (χ2v) is 3.65. The van der Waals surface area contributed by atoms with Crippen LogP contribution < -0.4 is 0 Å². The Kier molecular flexibility index (Phi) is 3.55. The maximum absolute atomic E-state index is 12.0. The van der Waals surface area contributed by atoms with E-state index in [-0.39, 0.29) is 5.92 Å². The first-order valence-corrected chi connectivity index (χ1v) is 4.73. The highest BCUT2D eigenvalue weighted by molar-refractivity contribution is 6.64. The average Bonchev–Trinajstić information content (AvgIpc) is 2.14. The molecule has 5 heteroatoms. The van der Waals surface area contributed by atoms with E-state index in [4.69, 9.17) is 0 Å². The van der Waals surface area contributed by atoms with E-state index < -0.39 is 6.98 Å². The van der Waals surface area contributed by atoms with Gasteiger partial charge in [-0.05, 0) is 23.6 Å². The third-order valence-electron chi connectivity index (χ3n) is 1.90. The fraction of sp³-hybridized carbons (Fsp3) is 0.300. The van der Waals surface area contributed by atoms with E-state index in [1.54, 1.807) is 12.1 Å². The highest BCUT2D eigenvalue weighted by Crippen LogP contribution is 2.16. The molecule has 0 N–H and O–H groups in total. The number of hydrogen-bond donors (Lipinski definition) is 0. The van der Waals surface area contributed by atoms with Crippen molar-refractivity contribution in [3.63, 3.8) is 0 Å². The lowest BCUT2D eigenvalue weighted by atomic mass is 9.90. The standard InChI is InChI=1S/C10H12BF3N/c1-8(2)10-7-9(4-6-15-10)3-5-11(12,13)14/h3-8H,1-2H3/q-1/b5-3+. The minimum absolute atomic E-state index is 0.217. The van der Waals surface area contributed by atoms with Gasteiger partial charge in [-0.1, -0.05) is 19.9 Å². The minimum Gasteiger partial charge on any atom is -0.445 e. The fourth-order valence-electron chi connectivity index (χ4n) is 1.11. The molecule has 0 fully saturated rings. The van der Waals surface area contributed by atoms with Crippen LogP contribution in [-0.4, -0.2) is 12.0 Å². The Bertz CT molecular complexity index is 358. The molecule has 0 unspecified atom stereocenters. The van der Waals surface area contributed by atoms with E-state index in [2.05, 4.69) is 4.98 Å². The number of aromatic nitrogens is 1. The maximum Gasteiger partial charge on any atom is 0.502 e. The second kappa shape index (κ2) is 4.51. The molecular formula is C10H12BF3N-. The van der Waals surface area contributed by atoms with Crippen molar-refractivity contribution in [1.29, 1.82) is 0 Å². The van der Waals surface area contributed by atoms with E-state index in [9.17, 15) is 12.9 Å². The summed E-state index contributed by atoms with van der Waals surface area (Å²) in [6, 6.07) is 3.23. The van der Waals surface area contributed by atoms with Crippen molar-refractivity contribution in [1.82, 2.24) is 4.98 Å². The van der Waals surface area contributed by atoms with E-state index in [0.717, 1.165) is 11.8 Å². The third-order valence-corrected chi connectivity index (χ3v) is 1.90. The zero-order valence-corrected chi connectivity index (χ0v) is 8.62. The zero-order valence-electron chi connectivity index (χ0n) is 8.62. The van der Waals surface area contributed by atoms with Gasteiger partial charge in [-0.25, -0.2) is 0 Å². The largest absolute Gasteiger partial charge is 0.502 e. The zero-order chi connectivity index (χ0) is 11.5. The number of hydrogen-bond acceptors (Lipinski definition) is 1. The van der Waals surface area contributed by atoms with Gasteiger partial charge in [0.1, 0.15) is 0 Å². The molecule has 0 aromatic carbocycles. The molecule has 1 aromatic heterocycles. The highest BCUT2D eigenvalue weighted by Gasteiger charge is 2.16. The Labute approximate surface area is 87.1 Å². The molecule has 0 radical (unpaired) electrons. The fourth-order valence-corrected chi connectivity index (χ4v) is 1.11. The lowest BCUT2D eigenvalue weighted by Gasteiger charge is -2.07. The number of rotatable bonds is 3. The monoisotopic (exact) mass is 214 g/mol. The molecule has 0 aliphatic heterocycles. The molecule has 1 rings (SSSR count). The molecule has 1 aromatic rings. The molecule has 1 nitrogen and oxygen atoms in total. The van der Waals surface area contributed by atoms with Gasteiger partial charge in [-0.3, -0.25) is 4.98 Å². The molecule has 0 saturated heterocycles. The third kappa shape index (κ3) is 4.19. The van der Waals surface area contributed by atoms with Gasteiger partial charge in [0.05, 0.1) is 0 Å². The molecule has 0 bridgehead atoms. The van der Waals surface area contributed by atoms with Crippen LogP contribution in [-0.2, 0) is 0 Å². The molecule has 0 saturated carbocycles. The van der Waals surface area contributed by atoms with Gasteiger partial charge in [0.2, 0.25) is 0 Å². The van der Waals surface area contributed by atoms with Gasteiger partial charge in [-0.15, -0.1) is 5.98 Å². The SMILES string of the molecule is CC(C)c1cc(/C=C/[B-](F)(F)F)ccn1. The topological polar surface area (TPSA) is 12.9 Å². The van der Waals surface area contributed by atoms with Gasteiger partial charge < -0.3 is 12.9 Å². The molecule has 1 heterocycles. The summed E-state index contributed by atoms with van der Waals surface area (Å²) in [6.07, 6.45) is 2.60. The van der Waals surface area contributed by atoms with E-state index in [0.29, 0.717) is 11.5 Å². The first kappa shape index (κ1) is 11.8. The molecule has 0 amide bonds. The Morgan fingerprint density at radius 2 is 2.00 bits per heavy atom. The summed E-state index contributed by atoms with van der Waals surface area (Å²) in [7, 11) is 0. The van der Waals surface area contributed by atoms with Crippen molar-refractivity contribution in [2.45, 2.75) is 19.8 Å². The van der Waals surface area contributed by atoms with E-state index in [1.807, 2.05) is 13.8 Å². The first-order valence-electron chi connectivity index (χ1n) is 4.73. The smallest absolute Gasteiger partial charge is 0.445 e. The van der Waals surface area contributed by atoms with Crippen LogP contribution in [0.4, 0.5) is 12.9 Å². The molecule has 0 aliphatic carbocycles. The van der Waals surface area contributed by atoms with Crippen molar-refractivity contribution < 1.29 is 12.9 Å². The summed E-state index contributed by atoms with van der Waals surface area (Å²) >= 11 is 0. The van der Waals surface area contributed by atoms with Gasteiger partial charge >= 0.3 is 6.98 Å². The van der Waals surface area contributed by atoms with Gasteiger partial charge in [0.25, 0.3) is 0 Å².